The molecule has 1 amide bonds. The lowest BCUT2D eigenvalue weighted by Crippen LogP contribution is -2.44. The van der Waals surface area contributed by atoms with Gasteiger partial charge in [-0.3, -0.25) is 4.79 Å². The topological polar surface area (TPSA) is 91.8 Å². The molecule has 0 bridgehead atoms. The number of nitrogens with zero attached hydrogens (tertiary/aromatic N) is 2. The van der Waals surface area contributed by atoms with Crippen molar-refractivity contribution in [3.8, 4) is 0 Å². The molecule has 0 spiro atoms. The van der Waals surface area contributed by atoms with Gasteiger partial charge >= 0.3 is 12.3 Å². The molecule has 6 heteroatoms. The third kappa shape index (κ3) is 7.57. The van der Waals surface area contributed by atoms with Crippen molar-refractivity contribution in [1.82, 2.24) is 5.32 Å². The van der Waals surface area contributed by atoms with Crippen LogP contribution in [0.4, 0.5) is 4.79 Å². The van der Waals surface area contributed by atoms with Gasteiger partial charge in [0.15, 0.2) is 0 Å². The Morgan fingerprint density at radius 3 is 2.50 bits per heavy atom. The van der Waals surface area contributed by atoms with E-state index < -0.39 is 23.5 Å². The predicted molar refractivity (Wildman–Crippen MR) is 67.4 cm³/mol. The van der Waals surface area contributed by atoms with Crippen LogP contribution < -0.4 is 5.32 Å². The molecule has 0 aromatic heterocycles. The Kier molecular flexibility index (Phi) is 6.90. The van der Waals surface area contributed by atoms with Gasteiger partial charge in [-0.15, -0.1) is 0 Å². The molecule has 0 rings (SSSR count). The standard InChI is InChI=1S/C12H21N3O3/c1-5-6-7-9(10(16)8-14-13)15-11(17)18-12(2,3)4/h8-9H,5-7H2,1-4H3,(H,15,17)/t9-/m0/s1. The van der Waals surface area contributed by atoms with Gasteiger partial charge in [0.25, 0.3) is 5.78 Å². The van der Waals surface area contributed by atoms with Crippen molar-refractivity contribution < 1.29 is 19.1 Å². The number of amides is 1. The summed E-state index contributed by atoms with van der Waals surface area (Å²) in [5.41, 5.74) is 7.72. The molecule has 102 valence electrons. The first-order chi connectivity index (χ1) is 8.30. The fourth-order valence-corrected chi connectivity index (χ4v) is 1.29. The van der Waals surface area contributed by atoms with E-state index in [4.69, 9.17) is 10.3 Å². The second-order valence-electron chi connectivity index (χ2n) is 4.99. The number of alkyl carbamates (subject to hydrolysis) is 1. The Morgan fingerprint density at radius 2 is 2.06 bits per heavy atom. The molecular weight excluding hydrogens is 234 g/mol. The van der Waals surface area contributed by atoms with Crippen LogP contribution in [-0.2, 0) is 9.53 Å². The molecule has 0 heterocycles. The normalized spacial score (nSPS) is 12.2. The molecule has 1 N–H and O–H groups in total. The molecule has 0 unspecified atom stereocenters. The maximum Gasteiger partial charge on any atom is 0.408 e. The molecular formula is C12H21N3O3. The minimum Gasteiger partial charge on any atom is -0.444 e. The SMILES string of the molecule is CCCC[C@H](NC(=O)OC(C)(C)C)C(=O)C=[N+]=[N-]. The van der Waals surface area contributed by atoms with Gasteiger partial charge < -0.3 is 15.6 Å². The fraction of sp³-hybridized carbons (Fsp3) is 0.750. The number of ether oxygens (including phenoxy) is 1. The number of Topliss-reactive ketones (excluding diaryl/α,β-unsaturated/α-hetero) is 1. The lowest BCUT2D eigenvalue weighted by molar-refractivity contribution is -0.118. The maximum absolute atomic E-state index is 11.6. The molecule has 1 atom stereocenters. The van der Waals surface area contributed by atoms with E-state index in [1.165, 1.54) is 0 Å². The highest BCUT2D eigenvalue weighted by Gasteiger charge is 2.24. The summed E-state index contributed by atoms with van der Waals surface area (Å²) >= 11 is 0. The van der Waals surface area contributed by atoms with E-state index in [-0.39, 0.29) is 0 Å². The van der Waals surface area contributed by atoms with Crippen molar-refractivity contribution in [2.24, 2.45) is 0 Å². The number of nitrogens with one attached hydrogen (secondary N) is 1. The van der Waals surface area contributed by atoms with E-state index >= 15 is 0 Å². The van der Waals surface area contributed by atoms with Crippen LogP contribution in [0.25, 0.3) is 5.53 Å². The van der Waals surface area contributed by atoms with Gasteiger partial charge in [-0.05, 0) is 27.2 Å². The Labute approximate surface area is 107 Å². The fourth-order valence-electron chi connectivity index (χ4n) is 1.29. The van der Waals surface area contributed by atoms with Crippen molar-refractivity contribution in [2.45, 2.75) is 58.6 Å². The number of rotatable bonds is 6. The van der Waals surface area contributed by atoms with Crippen LogP contribution in [0, 0.1) is 0 Å². The van der Waals surface area contributed by atoms with Crippen LogP contribution in [0.1, 0.15) is 47.0 Å². The zero-order valence-electron chi connectivity index (χ0n) is 11.4. The van der Waals surface area contributed by atoms with Gasteiger partial charge in [0.05, 0.1) is 0 Å². The molecule has 0 saturated heterocycles. The summed E-state index contributed by atoms with van der Waals surface area (Å²) < 4.78 is 5.07. The summed E-state index contributed by atoms with van der Waals surface area (Å²) in [5, 5.41) is 2.48. The van der Waals surface area contributed by atoms with Gasteiger partial charge in [-0.25, -0.2) is 4.79 Å². The Morgan fingerprint density at radius 1 is 1.44 bits per heavy atom. The van der Waals surface area contributed by atoms with E-state index in [2.05, 4.69) is 10.1 Å². The van der Waals surface area contributed by atoms with Gasteiger partial charge in [-0.2, -0.15) is 4.79 Å². The maximum atomic E-state index is 11.6. The van der Waals surface area contributed by atoms with Crippen molar-refractivity contribution >= 4 is 18.1 Å². The first kappa shape index (κ1) is 16.3. The largest absolute Gasteiger partial charge is 0.444 e. The highest BCUT2D eigenvalue weighted by molar-refractivity contribution is 6.28. The summed E-state index contributed by atoms with van der Waals surface area (Å²) in [7, 11) is 0. The number of hydrogen-bond donors (Lipinski definition) is 1. The molecule has 0 aliphatic heterocycles. The number of carbonyl (C=O) groups is 2. The second-order valence-corrected chi connectivity index (χ2v) is 4.99. The predicted octanol–water partition coefficient (Wildman–Crippen LogP) is 1.94. The van der Waals surface area contributed by atoms with Crippen LogP contribution in [0.5, 0.6) is 0 Å². The van der Waals surface area contributed by atoms with E-state index in [0.717, 1.165) is 19.1 Å². The summed E-state index contributed by atoms with van der Waals surface area (Å²) in [4.78, 5) is 25.8. The summed E-state index contributed by atoms with van der Waals surface area (Å²) in [6, 6.07) is -0.712. The second kappa shape index (κ2) is 7.61. The molecule has 0 aliphatic rings. The average molecular weight is 255 g/mol. The highest BCUT2D eigenvalue weighted by Crippen LogP contribution is 2.08. The molecule has 18 heavy (non-hydrogen) atoms. The smallest absolute Gasteiger partial charge is 0.408 e. The zero-order valence-corrected chi connectivity index (χ0v) is 11.4. The van der Waals surface area contributed by atoms with Crippen LogP contribution in [0.3, 0.4) is 0 Å². The molecule has 0 saturated carbocycles. The molecule has 0 aliphatic carbocycles. The van der Waals surface area contributed by atoms with Crippen molar-refractivity contribution in [1.29, 1.82) is 0 Å². The minimum atomic E-state index is -0.712. The molecule has 0 radical (unpaired) electrons. The van der Waals surface area contributed by atoms with Crippen LogP contribution in [0.15, 0.2) is 0 Å². The van der Waals surface area contributed by atoms with Gasteiger partial charge in [0, 0.05) is 0 Å². The third-order valence-electron chi connectivity index (χ3n) is 2.07. The lowest BCUT2D eigenvalue weighted by Gasteiger charge is -2.22. The summed E-state index contributed by atoms with van der Waals surface area (Å²) in [5.74, 6) is -0.447. The molecule has 6 nitrogen and oxygen atoms in total. The van der Waals surface area contributed by atoms with E-state index in [1.807, 2.05) is 6.92 Å². The van der Waals surface area contributed by atoms with Crippen molar-refractivity contribution in [3.05, 3.63) is 5.53 Å². The summed E-state index contributed by atoms with van der Waals surface area (Å²) in [6.45, 7) is 7.20. The molecule has 0 aromatic rings. The van der Waals surface area contributed by atoms with E-state index in [1.54, 1.807) is 20.8 Å². The number of ketones is 1. The average Bonchev–Trinajstić information content (AvgIpc) is 2.21. The Balaban J connectivity index is 4.53. The zero-order chi connectivity index (χ0) is 14.2. The number of unbranched alkanes of at least 4 members (excludes halogenated alkanes) is 1. The lowest BCUT2D eigenvalue weighted by atomic mass is 10.1. The summed E-state index contributed by atoms with van der Waals surface area (Å²) in [6.07, 6.45) is 2.31. The first-order valence-electron chi connectivity index (χ1n) is 6.01. The van der Waals surface area contributed by atoms with E-state index in [9.17, 15) is 9.59 Å². The quantitative estimate of drug-likeness (QED) is 0.446. The Hall–Kier alpha value is -1.68. The molecule has 0 aromatic carbocycles. The minimum absolute atomic E-state index is 0.447. The number of carbonyl (C=O) groups excluding carboxylic acids is 2. The van der Waals surface area contributed by atoms with E-state index in [0.29, 0.717) is 6.42 Å². The van der Waals surface area contributed by atoms with Crippen LogP contribution >= 0.6 is 0 Å². The highest BCUT2D eigenvalue weighted by atomic mass is 16.6. The number of hydrogen-bond acceptors (Lipinski definition) is 3. The van der Waals surface area contributed by atoms with Gasteiger partial charge in [-0.1, -0.05) is 19.8 Å². The van der Waals surface area contributed by atoms with Gasteiger partial charge in [0.2, 0.25) is 0 Å². The van der Waals surface area contributed by atoms with Crippen LogP contribution in [0.2, 0.25) is 0 Å². The van der Waals surface area contributed by atoms with Crippen molar-refractivity contribution in [3.63, 3.8) is 0 Å². The van der Waals surface area contributed by atoms with Gasteiger partial charge in [0.1, 0.15) is 11.6 Å². The van der Waals surface area contributed by atoms with Crippen molar-refractivity contribution in [2.75, 3.05) is 0 Å². The Bertz CT molecular complexity index is 341. The molecule has 0 fully saturated rings. The van der Waals surface area contributed by atoms with Crippen LogP contribution in [-0.4, -0.2) is 34.5 Å². The first-order valence-corrected chi connectivity index (χ1v) is 6.01. The third-order valence-corrected chi connectivity index (χ3v) is 2.07. The monoisotopic (exact) mass is 255 g/mol.